The molecule has 0 bridgehead atoms. The highest BCUT2D eigenvalue weighted by Crippen LogP contribution is 2.43. The Kier molecular flexibility index (Phi) is 4.22. The highest BCUT2D eigenvalue weighted by atomic mass is 32.1. The standard InChI is InChI=1S/C18H14N5O6PS/c24-12-13-10(7-27-30(26)29-13)28-16(12)23-14-11(20-18(23)31)15(25)22-6-9(19-17(22)21-14)8-4-2-1-3-5-8/h1-6,10,12-13,16,24H,7H2,(H-,19,20,21,25,31)/p+1/t10?,12?,13-,16-/m1/s1. The second kappa shape index (κ2) is 6.89. The summed E-state index contributed by atoms with van der Waals surface area (Å²) in [6, 6.07) is 9.54. The van der Waals surface area contributed by atoms with Crippen molar-refractivity contribution in [2.45, 2.75) is 24.5 Å². The van der Waals surface area contributed by atoms with Crippen molar-refractivity contribution in [1.29, 1.82) is 0 Å². The Balaban J connectivity index is 1.50. The van der Waals surface area contributed by atoms with Crippen molar-refractivity contribution >= 4 is 37.4 Å². The fourth-order valence-electron chi connectivity index (χ4n) is 4.02. The van der Waals surface area contributed by atoms with Gasteiger partial charge in [-0.05, 0) is 17.8 Å². The van der Waals surface area contributed by atoms with Gasteiger partial charge in [0.05, 0.1) is 5.69 Å². The number of imidazole rings is 2. The van der Waals surface area contributed by atoms with Crippen LogP contribution >= 0.6 is 20.5 Å². The molecule has 3 aromatic heterocycles. The van der Waals surface area contributed by atoms with Crippen molar-refractivity contribution in [3.8, 4) is 11.3 Å². The van der Waals surface area contributed by atoms with E-state index in [1.54, 1.807) is 6.20 Å². The molecule has 0 aliphatic carbocycles. The van der Waals surface area contributed by atoms with Gasteiger partial charge < -0.3 is 19.8 Å². The van der Waals surface area contributed by atoms with Crippen LogP contribution in [0.1, 0.15) is 6.23 Å². The second-order valence-corrected chi connectivity index (χ2v) is 8.59. The summed E-state index contributed by atoms with van der Waals surface area (Å²) >= 11 is 5.39. The van der Waals surface area contributed by atoms with E-state index in [9.17, 15) is 14.5 Å². The maximum Gasteiger partial charge on any atom is 0.697 e. The zero-order chi connectivity index (χ0) is 21.3. The number of aliphatic hydroxyl groups is 1. The smallest absolute Gasteiger partial charge is 0.385 e. The van der Waals surface area contributed by atoms with E-state index in [4.69, 9.17) is 26.0 Å². The molecular formula is C18H15N5O6PS+. The molecule has 2 fully saturated rings. The number of benzene rings is 1. The molecule has 0 amide bonds. The minimum absolute atomic E-state index is 0.0144. The Hall–Kier alpha value is -2.73. The van der Waals surface area contributed by atoms with E-state index in [1.807, 2.05) is 30.3 Å². The summed E-state index contributed by atoms with van der Waals surface area (Å²) in [5.41, 5.74) is 1.67. The van der Waals surface area contributed by atoms with E-state index >= 15 is 0 Å². The third kappa shape index (κ3) is 2.84. The number of nitrogens with zero attached hydrogens (tertiary/aromatic N) is 3. The Morgan fingerprint density at radius 3 is 2.87 bits per heavy atom. The average molecular weight is 460 g/mol. The van der Waals surface area contributed by atoms with Crippen LogP contribution in [0.25, 0.3) is 28.2 Å². The fourth-order valence-corrected chi connectivity index (χ4v) is 5.10. The zero-order valence-electron chi connectivity index (χ0n) is 15.7. The molecule has 5 heterocycles. The molecule has 1 aromatic carbocycles. The number of fused-ring (bicyclic) bond motifs is 3. The summed E-state index contributed by atoms with van der Waals surface area (Å²) in [7, 11) is -2.32. The van der Waals surface area contributed by atoms with Crippen LogP contribution in [0.5, 0.6) is 0 Å². The number of H-pyrrole nitrogens is 2. The van der Waals surface area contributed by atoms with Crippen LogP contribution in [0.2, 0.25) is 0 Å². The topological polar surface area (TPSA) is 136 Å². The third-order valence-corrected chi connectivity index (χ3v) is 6.55. The van der Waals surface area contributed by atoms with Crippen LogP contribution in [0, 0.1) is 4.77 Å². The average Bonchev–Trinajstić information content (AvgIpc) is 3.43. The van der Waals surface area contributed by atoms with Crippen molar-refractivity contribution in [3.05, 3.63) is 51.7 Å². The van der Waals surface area contributed by atoms with Crippen LogP contribution in [0.15, 0.2) is 41.3 Å². The molecule has 2 aliphatic rings. The Labute approximate surface area is 179 Å². The molecule has 4 aromatic rings. The van der Waals surface area contributed by atoms with Crippen molar-refractivity contribution < 1.29 is 23.5 Å². The van der Waals surface area contributed by atoms with E-state index in [1.165, 1.54) is 8.97 Å². The van der Waals surface area contributed by atoms with Gasteiger partial charge in [-0.3, -0.25) is 9.36 Å². The number of ether oxygens (including phenoxy) is 1. The summed E-state index contributed by atoms with van der Waals surface area (Å²) in [4.78, 5) is 23.7. The second-order valence-electron chi connectivity index (χ2n) is 7.29. The third-order valence-electron chi connectivity index (χ3n) is 5.48. The first-order valence-electron chi connectivity index (χ1n) is 9.43. The fraction of sp³-hybridized carbons (Fsp3) is 0.278. The highest BCUT2D eigenvalue weighted by molar-refractivity contribution is 7.71. The molecule has 3 unspecified atom stereocenters. The van der Waals surface area contributed by atoms with Gasteiger partial charge in [0.2, 0.25) is 5.78 Å². The molecular weight excluding hydrogens is 445 g/mol. The van der Waals surface area contributed by atoms with Gasteiger partial charge >= 0.3 is 8.25 Å². The van der Waals surface area contributed by atoms with Crippen LogP contribution in [-0.2, 0) is 18.3 Å². The molecule has 3 N–H and O–H groups in total. The molecule has 11 nitrogen and oxygen atoms in total. The monoisotopic (exact) mass is 460 g/mol. The number of nitrogens with one attached hydrogen (secondary N) is 2. The Morgan fingerprint density at radius 1 is 1.26 bits per heavy atom. The van der Waals surface area contributed by atoms with E-state index in [-0.39, 0.29) is 28.1 Å². The number of hydrogen-bond acceptors (Lipinski definition) is 8. The molecule has 2 aliphatic heterocycles. The van der Waals surface area contributed by atoms with Gasteiger partial charge in [-0.2, -0.15) is 4.98 Å². The number of rotatable bonds is 2. The highest BCUT2D eigenvalue weighted by Gasteiger charge is 2.55. The zero-order valence-corrected chi connectivity index (χ0v) is 17.4. The quantitative estimate of drug-likeness (QED) is 0.305. The van der Waals surface area contributed by atoms with Gasteiger partial charge in [-0.15, -0.1) is 9.05 Å². The van der Waals surface area contributed by atoms with Gasteiger partial charge in [0.1, 0.15) is 18.8 Å². The van der Waals surface area contributed by atoms with Crippen molar-refractivity contribution in [2.24, 2.45) is 0 Å². The lowest BCUT2D eigenvalue weighted by molar-refractivity contribution is -0.0557. The lowest BCUT2D eigenvalue weighted by atomic mass is 10.1. The predicted molar refractivity (Wildman–Crippen MR) is 110 cm³/mol. The van der Waals surface area contributed by atoms with Gasteiger partial charge in [0, 0.05) is 10.8 Å². The summed E-state index contributed by atoms with van der Waals surface area (Å²) in [6.45, 7) is 0.0144. The Morgan fingerprint density at radius 2 is 2.06 bits per heavy atom. The molecule has 13 heteroatoms. The number of aromatic nitrogens is 5. The maximum absolute atomic E-state index is 13.1. The van der Waals surface area contributed by atoms with E-state index < -0.39 is 32.8 Å². The Bertz CT molecular complexity index is 1460. The summed E-state index contributed by atoms with van der Waals surface area (Å²) in [6.07, 6.45) is -1.96. The van der Waals surface area contributed by atoms with Crippen LogP contribution in [-0.4, -0.2) is 53.9 Å². The van der Waals surface area contributed by atoms with Gasteiger partial charge in [0.25, 0.3) is 5.56 Å². The van der Waals surface area contributed by atoms with Crippen molar-refractivity contribution in [2.75, 3.05) is 6.61 Å². The lowest BCUT2D eigenvalue weighted by Gasteiger charge is -2.16. The summed E-state index contributed by atoms with van der Waals surface area (Å²) in [5, 5.41) is 10.8. The molecule has 31 heavy (non-hydrogen) atoms. The minimum atomic E-state index is -2.32. The predicted octanol–water partition coefficient (Wildman–Crippen LogP) is 2.03. The van der Waals surface area contributed by atoms with Crippen LogP contribution in [0.4, 0.5) is 0 Å². The maximum atomic E-state index is 13.1. The van der Waals surface area contributed by atoms with Gasteiger partial charge in [0.15, 0.2) is 28.3 Å². The molecule has 0 radical (unpaired) electrons. The number of aromatic amines is 2. The number of aliphatic hydroxyl groups excluding tert-OH is 1. The lowest BCUT2D eigenvalue weighted by Crippen LogP contribution is -2.37. The van der Waals surface area contributed by atoms with Crippen LogP contribution in [0.3, 0.4) is 0 Å². The van der Waals surface area contributed by atoms with E-state index in [2.05, 4.69) is 15.0 Å². The largest absolute Gasteiger partial charge is 0.697 e. The van der Waals surface area contributed by atoms with E-state index in [0.29, 0.717) is 5.78 Å². The SMILES string of the molecule is O=c1c2[nH]c(=S)n([C@@H]3OC4CO[P+](=O)O[C@H]4C3O)c2nc2[nH]c(-c3ccccc3)cn12. The van der Waals surface area contributed by atoms with Gasteiger partial charge in [-0.25, -0.2) is 4.40 Å². The van der Waals surface area contributed by atoms with Gasteiger partial charge in [-0.1, -0.05) is 30.3 Å². The molecule has 0 saturated carbocycles. The number of hydrogen-bond donors (Lipinski definition) is 3. The first kappa shape index (κ1) is 19.0. The molecule has 158 valence electrons. The van der Waals surface area contributed by atoms with E-state index in [0.717, 1.165) is 11.3 Å². The first-order valence-corrected chi connectivity index (χ1v) is 10.9. The molecule has 2 saturated heterocycles. The van der Waals surface area contributed by atoms with Crippen molar-refractivity contribution in [1.82, 2.24) is 23.9 Å². The molecule has 0 spiro atoms. The normalized spacial score (nSPS) is 27.2. The first-order chi connectivity index (χ1) is 15.0. The summed E-state index contributed by atoms with van der Waals surface area (Å²) < 4.78 is 30.6. The summed E-state index contributed by atoms with van der Waals surface area (Å²) in [5.74, 6) is 0.312. The molecule has 6 rings (SSSR count). The van der Waals surface area contributed by atoms with Crippen LogP contribution < -0.4 is 5.56 Å². The van der Waals surface area contributed by atoms with Crippen molar-refractivity contribution in [3.63, 3.8) is 0 Å². The molecule has 5 atom stereocenters. The minimum Gasteiger partial charge on any atom is -0.385 e.